The maximum atomic E-state index is 12.3. The van der Waals surface area contributed by atoms with Gasteiger partial charge in [-0.3, -0.25) is 0 Å². The molecule has 96 valence electrons. The summed E-state index contributed by atoms with van der Waals surface area (Å²) >= 11 is 5.60. The second-order valence-corrected chi connectivity index (χ2v) is 6.17. The first-order chi connectivity index (χ1) is 8.02. The Labute approximate surface area is 108 Å². The Morgan fingerprint density at radius 2 is 1.82 bits per heavy atom. The summed E-state index contributed by atoms with van der Waals surface area (Å²) in [5.74, 6) is 0.472. The summed E-state index contributed by atoms with van der Waals surface area (Å²) < 4.78 is 26.0. The first-order valence-corrected chi connectivity index (χ1v) is 7.62. The van der Waals surface area contributed by atoms with Crippen LogP contribution in [-0.2, 0) is 10.0 Å². The highest BCUT2D eigenvalue weighted by Crippen LogP contribution is 2.16. The predicted molar refractivity (Wildman–Crippen MR) is 70.9 cm³/mol. The molecule has 0 radical (unpaired) electrons. The topological polar surface area (TPSA) is 37.4 Å². The van der Waals surface area contributed by atoms with Crippen LogP contribution in [0.2, 0.25) is 0 Å². The molecule has 1 aromatic rings. The second-order valence-electron chi connectivity index (χ2n) is 3.85. The minimum atomic E-state index is -3.37. The average Bonchev–Trinajstić information content (AvgIpc) is 2.30. The first kappa shape index (κ1) is 14.5. The van der Waals surface area contributed by atoms with Gasteiger partial charge in [0.1, 0.15) is 0 Å². The second kappa shape index (κ2) is 6.38. The van der Waals surface area contributed by atoms with Crippen molar-refractivity contribution in [1.29, 1.82) is 0 Å². The molecule has 0 heterocycles. The van der Waals surface area contributed by atoms with Gasteiger partial charge in [0.2, 0.25) is 10.0 Å². The Kier molecular flexibility index (Phi) is 5.43. The molecule has 0 bridgehead atoms. The molecule has 0 unspecified atom stereocenters. The van der Waals surface area contributed by atoms with Gasteiger partial charge < -0.3 is 0 Å². The van der Waals surface area contributed by atoms with Gasteiger partial charge in [-0.05, 0) is 25.5 Å². The van der Waals surface area contributed by atoms with Crippen LogP contribution in [0.15, 0.2) is 29.2 Å². The lowest BCUT2D eigenvalue weighted by atomic mass is 10.2. The number of aryl methyl sites for hydroxylation is 1. The molecule has 17 heavy (non-hydrogen) atoms. The van der Waals surface area contributed by atoms with Crippen molar-refractivity contribution in [1.82, 2.24) is 4.31 Å². The fourth-order valence-corrected chi connectivity index (χ4v) is 3.15. The van der Waals surface area contributed by atoms with E-state index in [2.05, 4.69) is 0 Å². The number of sulfonamides is 1. The van der Waals surface area contributed by atoms with Gasteiger partial charge in [0.25, 0.3) is 0 Å². The Hall–Kier alpha value is -0.580. The molecule has 0 amide bonds. The van der Waals surface area contributed by atoms with Crippen LogP contribution in [0.4, 0.5) is 0 Å². The van der Waals surface area contributed by atoms with Crippen LogP contribution in [0.1, 0.15) is 18.9 Å². The summed E-state index contributed by atoms with van der Waals surface area (Å²) in [6.45, 7) is 4.70. The van der Waals surface area contributed by atoms with E-state index in [1.807, 2.05) is 26.0 Å². The van der Waals surface area contributed by atoms with Crippen molar-refractivity contribution in [3.05, 3.63) is 29.8 Å². The van der Waals surface area contributed by atoms with Gasteiger partial charge in [0.05, 0.1) is 4.90 Å². The third-order valence-corrected chi connectivity index (χ3v) is 4.81. The smallest absolute Gasteiger partial charge is 0.207 e. The van der Waals surface area contributed by atoms with Gasteiger partial charge in [-0.2, -0.15) is 4.31 Å². The molecule has 5 heteroatoms. The molecule has 0 aliphatic carbocycles. The number of rotatable bonds is 6. The van der Waals surface area contributed by atoms with E-state index in [-0.39, 0.29) is 0 Å². The van der Waals surface area contributed by atoms with Crippen molar-refractivity contribution >= 4 is 21.6 Å². The van der Waals surface area contributed by atoms with Crippen molar-refractivity contribution in [2.24, 2.45) is 0 Å². The molecule has 0 N–H and O–H groups in total. The van der Waals surface area contributed by atoms with E-state index in [9.17, 15) is 8.42 Å². The molecular weight excluding hydrogens is 258 g/mol. The Bertz CT molecular complexity index is 442. The molecule has 0 saturated heterocycles. The summed E-state index contributed by atoms with van der Waals surface area (Å²) in [4.78, 5) is 0.347. The number of hydrogen-bond acceptors (Lipinski definition) is 2. The highest BCUT2D eigenvalue weighted by atomic mass is 35.5. The van der Waals surface area contributed by atoms with E-state index in [0.717, 1.165) is 5.56 Å². The molecule has 0 spiro atoms. The van der Waals surface area contributed by atoms with Crippen LogP contribution in [-0.4, -0.2) is 31.7 Å². The molecule has 1 aromatic carbocycles. The largest absolute Gasteiger partial charge is 0.243 e. The van der Waals surface area contributed by atoms with Crippen LogP contribution < -0.4 is 0 Å². The summed E-state index contributed by atoms with van der Waals surface area (Å²) in [7, 11) is -3.37. The molecule has 0 atom stereocenters. The van der Waals surface area contributed by atoms with Crippen molar-refractivity contribution in [3.63, 3.8) is 0 Å². The average molecular weight is 276 g/mol. The van der Waals surface area contributed by atoms with Gasteiger partial charge in [-0.25, -0.2) is 8.42 Å². The van der Waals surface area contributed by atoms with Gasteiger partial charge in [0.15, 0.2) is 0 Å². The van der Waals surface area contributed by atoms with Crippen LogP contribution >= 0.6 is 11.6 Å². The highest BCUT2D eigenvalue weighted by Gasteiger charge is 2.21. The van der Waals surface area contributed by atoms with Crippen LogP contribution in [0, 0.1) is 6.92 Å². The summed E-state index contributed by atoms with van der Waals surface area (Å²) in [6, 6.07) is 6.91. The van der Waals surface area contributed by atoms with E-state index in [1.165, 1.54) is 4.31 Å². The lowest BCUT2D eigenvalue weighted by Gasteiger charge is -2.20. The number of halogens is 1. The highest BCUT2D eigenvalue weighted by molar-refractivity contribution is 7.89. The van der Waals surface area contributed by atoms with E-state index < -0.39 is 10.0 Å². The molecule has 0 saturated carbocycles. The van der Waals surface area contributed by atoms with E-state index in [4.69, 9.17) is 11.6 Å². The zero-order valence-corrected chi connectivity index (χ0v) is 11.8. The molecule has 0 aromatic heterocycles. The van der Waals surface area contributed by atoms with Crippen molar-refractivity contribution in [3.8, 4) is 0 Å². The number of alkyl halides is 1. The molecule has 0 fully saturated rings. The van der Waals surface area contributed by atoms with Crippen LogP contribution in [0.5, 0.6) is 0 Å². The van der Waals surface area contributed by atoms with Crippen LogP contribution in [0.25, 0.3) is 0 Å². The third kappa shape index (κ3) is 3.69. The molecule has 3 nitrogen and oxygen atoms in total. The lowest BCUT2D eigenvalue weighted by molar-refractivity contribution is 0.428. The first-order valence-electron chi connectivity index (χ1n) is 5.65. The van der Waals surface area contributed by atoms with Crippen LogP contribution in [0.3, 0.4) is 0 Å². The SMILES string of the molecule is CCN(CCCCl)S(=O)(=O)c1ccc(C)cc1. The van der Waals surface area contributed by atoms with Crippen molar-refractivity contribution < 1.29 is 8.42 Å². The monoisotopic (exact) mass is 275 g/mol. The Morgan fingerprint density at radius 1 is 1.24 bits per heavy atom. The summed E-state index contributed by atoms with van der Waals surface area (Å²) in [6.07, 6.45) is 0.667. The summed E-state index contributed by atoms with van der Waals surface area (Å²) in [5, 5.41) is 0. The zero-order valence-electron chi connectivity index (χ0n) is 10.2. The standard InChI is InChI=1S/C12H18ClNO2S/c1-3-14(10-4-9-13)17(15,16)12-7-5-11(2)6-8-12/h5-8H,3-4,9-10H2,1-2H3. The molecule has 0 aliphatic heterocycles. The maximum Gasteiger partial charge on any atom is 0.243 e. The molecule has 0 aliphatic rings. The van der Waals surface area contributed by atoms with Crippen molar-refractivity contribution in [2.75, 3.05) is 19.0 Å². The van der Waals surface area contributed by atoms with Gasteiger partial charge in [-0.15, -0.1) is 11.6 Å². The van der Waals surface area contributed by atoms with Gasteiger partial charge in [0, 0.05) is 19.0 Å². The van der Waals surface area contributed by atoms with E-state index in [1.54, 1.807) is 12.1 Å². The van der Waals surface area contributed by atoms with Crippen molar-refractivity contribution in [2.45, 2.75) is 25.2 Å². The minimum absolute atomic E-state index is 0.347. The number of nitrogens with zero attached hydrogens (tertiary/aromatic N) is 1. The fourth-order valence-electron chi connectivity index (χ4n) is 1.54. The third-order valence-electron chi connectivity index (χ3n) is 2.55. The summed E-state index contributed by atoms with van der Waals surface area (Å²) in [5.41, 5.74) is 1.05. The number of hydrogen-bond donors (Lipinski definition) is 0. The fraction of sp³-hybridized carbons (Fsp3) is 0.500. The van der Waals surface area contributed by atoms with Gasteiger partial charge >= 0.3 is 0 Å². The molecular formula is C12H18ClNO2S. The normalized spacial score (nSPS) is 12.0. The Morgan fingerprint density at radius 3 is 2.29 bits per heavy atom. The minimum Gasteiger partial charge on any atom is -0.207 e. The lowest BCUT2D eigenvalue weighted by Crippen LogP contribution is -2.32. The van der Waals surface area contributed by atoms with E-state index >= 15 is 0 Å². The quantitative estimate of drug-likeness (QED) is 0.749. The predicted octanol–water partition coefficient (Wildman–Crippen LogP) is 2.63. The van der Waals surface area contributed by atoms with Gasteiger partial charge in [-0.1, -0.05) is 24.6 Å². The van der Waals surface area contributed by atoms with E-state index in [0.29, 0.717) is 30.3 Å². The Balaban J connectivity index is 2.95. The molecule has 1 rings (SSSR count). The number of benzene rings is 1. The maximum absolute atomic E-state index is 12.3. The zero-order chi connectivity index (χ0) is 12.9.